The average molecular weight is 175 g/mol. The molecule has 2 atom stereocenters. The summed E-state index contributed by atoms with van der Waals surface area (Å²) in [5.41, 5.74) is 0. The first kappa shape index (κ1) is 9.35. The third kappa shape index (κ3) is 3.59. The summed E-state index contributed by atoms with van der Waals surface area (Å²) in [5.74, 6) is -0.336. The molecule has 0 aliphatic rings. The Balaban J connectivity index is 4.02. The summed E-state index contributed by atoms with van der Waals surface area (Å²) in [4.78, 5) is 21.1. The number of hydrogen-bond donors (Lipinski definition) is 2. The van der Waals surface area contributed by atoms with Crippen LogP contribution in [0.1, 0.15) is 21.6 Å². The van der Waals surface area contributed by atoms with Gasteiger partial charge in [0.2, 0.25) is 0 Å². The highest BCUT2D eigenvalue weighted by Gasteiger charge is 2.20. The summed E-state index contributed by atoms with van der Waals surface area (Å²) in [6.45, 7) is 2.94. The number of nitrogens with one attached hydrogen (secondary N) is 1. The Kier molecular flexibility index (Phi) is 4.56. The van der Waals surface area contributed by atoms with Gasteiger partial charge in [-0.1, -0.05) is 6.92 Å². The van der Waals surface area contributed by atoms with E-state index >= 15 is 0 Å². The van der Waals surface area contributed by atoms with Crippen LogP contribution in [0.2, 0.25) is 0 Å². The van der Waals surface area contributed by atoms with Crippen LogP contribution in [0, 0.1) is 0 Å². The Morgan fingerprint density at radius 1 is 1.83 bits per heavy atom. The smallest absolute Gasteiger partial charge is 0.159 e. The van der Waals surface area contributed by atoms with Crippen LogP contribution in [0.3, 0.4) is 0 Å². The fraction of sp³-hybridized carbons (Fsp3) is 0.750. The van der Waals surface area contributed by atoms with Crippen molar-refractivity contribution in [3.05, 3.63) is 0 Å². The van der Waals surface area contributed by atoms with Gasteiger partial charge in [0.15, 0.2) is 5.78 Å². The van der Waals surface area contributed by atoms with Crippen molar-refractivity contribution in [2.45, 2.75) is 32.4 Å². The minimum absolute atomic E-state index is 0.136. The largest absolute Gasteiger partial charge is 0.384 e. The zero-order valence-corrected chi connectivity index (χ0v) is 7.33. The molecule has 4 nitrogen and oxygen atoms in total. The summed E-state index contributed by atoms with van der Waals surface area (Å²) in [5, 5.41) is 12.0. The second kappa shape index (κ2) is 5.85. The van der Waals surface area contributed by atoms with Crippen molar-refractivity contribution >= 4 is 12.0 Å². The number of aldehydes is 1. The molecule has 0 aromatic heterocycles. The molecule has 0 aromatic carbocycles. The predicted octanol–water partition coefficient (Wildman–Crippen LogP) is -0.497. The van der Waals surface area contributed by atoms with Crippen LogP contribution in [-0.4, -0.2) is 35.8 Å². The number of rotatable bonds is 6. The molecule has 4 heteroatoms. The first-order valence-corrected chi connectivity index (χ1v) is 3.90. The number of aliphatic hydroxyl groups is 1. The van der Waals surface area contributed by atoms with Gasteiger partial charge >= 0.3 is 0 Å². The van der Waals surface area contributed by atoms with Crippen molar-refractivity contribution < 1.29 is 16.1 Å². The molecular formula is C8H15NO3. The standard InChI is InChI=1S/C8H15NO3/c1-3-7(9-4-5-10)8(12)6(2)11/h5,7-9,12H,3-4H2,1-2H3/t7-,8?/m0/s1/i5T. The maximum absolute atomic E-state index is 10.8. The molecule has 0 spiro atoms. The Hall–Kier alpha value is -0.740. The van der Waals surface area contributed by atoms with Gasteiger partial charge in [0.05, 0.1) is 6.54 Å². The normalized spacial score (nSPS) is 16.4. The number of aliphatic hydroxyl groups excluding tert-OH is 1. The van der Waals surface area contributed by atoms with E-state index in [0.717, 1.165) is 0 Å². The summed E-state index contributed by atoms with van der Waals surface area (Å²) in [6, 6.07) is -0.438. The van der Waals surface area contributed by atoms with Gasteiger partial charge in [0, 0.05) is 6.04 Å². The molecule has 12 heavy (non-hydrogen) atoms. The van der Waals surface area contributed by atoms with Gasteiger partial charge in [-0.15, -0.1) is 0 Å². The van der Waals surface area contributed by atoms with E-state index in [2.05, 4.69) is 5.32 Å². The summed E-state index contributed by atoms with van der Waals surface area (Å²) in [6.07, 6.45) is -1.31. The third-order valence-corrected chi connectivity index (χ3v) is 1.67. The van der Waals surface area contributed by atoms with Gasteiger partial charge in [-0.2, -0.15) is 0 Å². The van der Waals surface area contributed by atoms with Crippen LogP contribution in [0.4, 0.5) is 0 Å². The van der Waals surface area contributed by atoms with Crippen molar-refractivity contribution in [1.29, 1.82) is 0 Å². The Morgan fingerprint density at radius 3 is 2.75 bits per heavy atom. The zero-order chi connectivity index (χ0) is 10.4. The Morgan fingerprint density at radius 2 is 2.42 bits per heavy atom. The second-order valence-electron chi connectivity index (χ2n) is 2.60. The number of hydrogen-bond acceptors (Lipinski definition) is 4. The molecule has 0 fully saturated rings. The van der Waals surface area contributed by atoms with E-state index in [9.17, 15) is 14.7 Å². The highest BCUT2D eigenvalue weighted by Crippen LogP contribution is 1.99. The van der Waals surface area contributed by atoms with Crippen LogP contribution in [0.5, 0.6) is 0 Å². The lowest BCUT2D eigenvalue weighted by Gasteiger charge is -2.19. The van der Waals surface area contributed by atoms with Crippen molar-refractivity contribution in [3.63, 3.8) is 0 Å². The fourth-order valence-corrected chi connectivity index (χ4v) is 0.935. The van der Waals surface area contributed by atoms with E-state index in [1.54, 1.807) is 6.92 Å². The first-order valence-electron chi connectivity index (χ1n) is 4.40. The first-order chi connectivity index (χ1) is 5.99. The molecule has 0 amide bonds. The quantitative estimate of drug-likeness (QED) is 0.534. The van der Waals surface area contributed by atoms with E-state index in [-0.39, 0.29) is 12.3 Å². The van der Waals surface area contributed by atoms with Crippen molar-refractivity contribution in [1.82, 2.24) is 5.32 Å². The van der Waals surface area contributed by atoms with Crippen LogP contribution >= 0.6 is 0 Å². The monoisotopic (exact) mass is 175 g/mol. The molecule has 0 saturated carbocycles. The highest BCUT2D eigenvalue weighted by atomic mass is 16.3. The number of carbonyl (C=O) groups is 2. The number of Topliss-reactive ketones (excluding diaryl/α,β-unsaturated/α-hetero) is 1. The molecule has 70 valence electrons. The average Bonchev–Trinajstić information content (AvgIpc) is 2.04. The fourth-order valence-electron chi connectivity index (χ4n) is 0.935. The van der Waals surface area contributed by atoms with Crippen LogP contribution in [-0.2, 0) is 9.59 Å². The molecule has 0 rings (SSSR count). The summed E-state index contributed by atoms with van der Waals surface area (Å²) < 4.78 is 6.63. The second-order valence-corrected chi connectivity index (χ2v) is 2.60. The van der Waals surface area contributed by atoms with Gasteiger partial charge < -0.3 is 15.2 Å². The molecule has 1 unspecified atom stereocenters. The van der Waals surface area contributed by atoms with Gasteiger partial charge in [-0.25, -0.2) is 0 Å². The van der Waals surface area contributed by atoms with Gasteiger partial charge in [0.25, 0.3) is 0 Å². The highest BCUT2D eigenvalue weighted by molar-refractivity contribution is 5.80. The molecule has 0 radical (unpaired) electrons. The zero-order valence-electron chi connectivity index (χ0n) is 8.33. The van der Waals surface area contributed by atoms with Crippen molar-refractivity contribution in [2.75, 3.05) is 6.54 Å². The Labute approximate surface area is 73.4 Å². The van der Waals surface area contributed by atoms with E-state index in [1.165, 1.54) is 6.92 Å². The molecule has 0 aliphatic carbocycles. The number of carbonyl (C=O) groups excluding carboxylic acids is 2. The summed E-state index contributed by atoms with van der Waals surface area (Å²) in [7, 11) is 0. The van der Waals surface area contributed by atoms with Crippen LogP contribution < -0.4 is 5.32 Å². The maximum Gasteiger partial charge on any atom is 0.159 e. The number of ketones is 1. The summed E-state index contributed by atoms with van der Waals surface area (Å²) >= 11 is 0. The molecule has 0 saturated heterocycles. The lowest BCUT2D eigenvalue weighted by molar-refractivity contribution is -0.126. The minimum atomic E-state index is -1.09. The Bertz CT molecular complexity index is 196. The lowest BCUT2D eigenvalue weighted by atomic mass is 10.1. The van der Waals surface area contributed by atoms with E-state index in [0.29, 0.717) is 6.42 Å². The maximum atomic E-state index is 10.8. The van der Waals surface area contributed by atoms with Crippen molar-refractivity contribution in [3.8, 4) is 0 Å². The molecule has 2 N–H and O–H groups in total. The van der Waals surface area contributed by atoms with E-state index < -0.39 is 18.4 Å². The van der Waals surface area contributed by atoms with Crippen LogP contribution in [0.15, 0.2) is 0 Å². The lowest BCUT2D eigenvalue weighted by Crippen LogP contribution is -2.43. The van der Waals surface area contributed by atoms with E-state index in [4.69, 9.17) is 1.37 Å². The SMILES string of the molecule is [3H]C(=O)CN[C@@H](CC)C(O)C(C)=O. The van der Waals surface area contributed by atoms with Gasteiger partial charge in [-0.05, 0) is 13.3 Å². The molecule has 0 aromatic rings. The predicted molar refractivity (Wildman–Crippen MR) is 44.8 cm³/mol. The van der Waals surface area contributed by atoms with Gasteiger partial charge in [0.1, 0.15) is 13.7 Å². The molecule has 0 bridgehead atoms. The third-order valence-electron chi connectivity index (χ3n) is 1.67. The van der Waals surface area contributed by atoms with E-state index in [1.807, 2.05) is 0 Å². The van der Waals surface area contributed by atoms with Gasteiger partial charge in [-0.3, -0.25) is 4.79 Å². The minimum Gasteiger partial charge on any atom is -0.384 e. The van der Waals surface area contributed by atoms with Crippen LogP contribution in [0.25, 0.3) is 0 Å². The molecule has 0 aliphatic heterocycles. The molecular weight excluding hydrogens is 158 g/mol. The van der Waals surface area contributed by atoms with Crippen molar-refractivity contribution in [2.24, 2.45) is 0 Å². The topological polar surface area (TPSA) is 66.4 Å². The molecule has 0 heterocycles.